The summed E-state index contributed by atoms with van der Waals surface area (Å²) in [5, 5.41) is 0. The Morgan fingerprint density at radius 3 is 1.44 bits per heavy atom. The molecule has 9 rings (SSSR count). The molecule has 2 aliphatic heterocycles. The highest BCUT2D eigenvalue weighted by atomic mass is 16.6. The van der Waals surface area contributed by atoms with Gasteiger partial charge in [-0.05, 0) is 116 Å². The van der Waals surface area contributed by atoms with Crippen LogP contribution < -0.4 is 24.0 Å². The number of rotatable bonds is 8. The molecule has 270 valence electrons. The minimum absolute atomic E-state index is 0.373. The molecule has 7 heteroatoms. The number of fused-ring (bicyclic) bond motifs is 6. The van der Waals surface area contributed by atoms with Gasteiger partial charge in [-0.2, -0.15) is 0 Å². The third-order valence-electron chi connectivity index (χ3n) is 10.5. The zero-order valence-electron chi connectivity index (χ0n) is 30.9. The second-order valence-corrected chi connectivity index (χ2v) is 13.7. The van der Waals surface area contributed by atoms with Crippen LogP contribution in [0.2, 0.25) is 0 Å². The van der Waals surface area contributed by atoms with Crippen LogP contribution in [0.1, 0.15) is 38.2 Å². The fraction of sp³-hybridized carbons (Fsp3) is 0.104. The normalized spacial score (nSPS) is 13.2. The maximum absolute atomic E-state index is 13.7. The highest BCUT2D eigenvalue weighted by molar-refractivity contribution is 5.97. The number of aryl methyl sites for hydroxylation is 2. The largest absolute Gasteiger partial charge is 0.497 e. The fourth-order valence-corrected chi connectivity index (χ4v) is 7.95. The van der Waals surface area contributed by atoms with E-state index in [0.717, 1.165) is 73.4 Å². The van der Waals surface area contributed by atoms with Crippen molar-refractivity contribution in [3.63, 3.8) is 0 Å². The number of carbonyl (C=O) groups excluding carboxylic acids is 1. The van der Waals surface area contributed by atoms with E-state index in [1.54, 1.807) is 14.2 Å². The van der Waals surface area contributed by atoms with E-state index in [4.69, 9.17) is 18.9 Å². The van der Waals surface area contributed by atoms with Crippen LogP contribution in [0.25, 0.3) is 0 Å². The number of esters is 1. The second kappa shape index (κ2) is 13.5. The lowest BCUT2D eigenvalue weighted by atomic mass is 9.77. The summed E-state index contributed by atoms with van der Waals surface area (Å²) in [6.45, 7) is 4.15. The number of benzene rings is 7. The SMILES string of the molecule is COc1ccc(N(c2ccccc2)c2ccc3c(c2)Oc2cc(N(c4ccccc4)c4ccc(OC)cc4C)ccc2C32OC(=O)c3ccccc32)c(C)c1. The van der Waals surface area contributed by atoms with Crippen molar-refractivity contribution in [2.45, 2.75) is 19.4 Å². The van der Waals surface area contributed by atoms with Gasteiger partial charge in [0.05, 0.1) is 19.8 Å². The van der Waals surface area contributed by atoms with Crippen molar-refractivity contribution >= 4 is 40.1 Å². The number of hydrogen-bond donors (Lipinski definition) is 0. The summed E-state index contributed by atoms with van der Waals surface area (Å²) >= 11 is 0. The van der Waals surface area contributed by atoms with Gasteiger partial charge in [0, 0.05) is 62.9 Å². The monoisotopic (exact) mass is 722 g/mol. The molecule has 0 unspecified atom stereocenters. The summed E-state index contributed by atoms with van der Waals surface area (Å²) in [4.78, 5) is 18.1. The highest BCUT2D eigenvalue weighted by Gasteiger charge is 2.53. The van der Waals surface area contributed by atoms with E-state index in [2.05, 4.69) is 72.2 Å². The molecule has 7 aromatic carbocycles. The second-order valence-electron chi connectivity index (χ2n) is 13.7. The number of ether oxygens (including phenoxy) is 4. The molecule has 0 saturated heterocycles. The van der Waals surface area contributed by atoms with Crippen LogP contribution in [0, 0.1) is 13.8 Å². The van der Waals surface area contributed by atoms with Gasteiger partial charge in [-0.25, -0.2) is 4.79 Å². The van der Waals surface area contributed by atoms with Crippen LogP contribution in [0.5, 0.6) is 23.0 Å². The van der Waals surface area contributed by atoms with Gasteiger partial charge in [0.15, 0.2) is 5.60 Å². The molecule has 0 N–H and O–H groups in total. The van der Waals surface area contributed by atoms with E-state index in [9.17, 15) is 4.79 Å². The molecule has 0 aromatic heterocycles. The third-order valence-corrected chi connectivity index (χ3v) is 10.5. The average Bonchev–Trinajstić information content (AvgIpc) is 3.51. The number of carbonyl (C=O) groups is 1. The standard InChI is InChI=1S/C48H38N2O5/c1-31-27-37(52-3)21-25-43(31)49(33-13-7-5-8-14-33)35-19-23-41-45(29-35)54-46-30-36(20-24-42(46)48(41)40-18-12-11-17-39(40)47(51)55-48)50(34-15-9-6-10-16-34)44-26-22-38(53-4)28-32(44)2/h5-30H,1-4H3. The lowest BCUT2D eigenvalue weighted by Crippen LogP contribution is -2.33. The summed E-state index contributed by atoms with van der Waals surface area (Å²) < 4.78 is 24.7. The molecule has 0 saturated carbocycles. The number of methoxy groups -OCH3 is 2. The van der Waals surface area contributed by atoms with Gasteiger partial charge in [-0.15, -0.1) is 0 Å². The van der Waals surface area contributed by atoms with Crippen LogP contribution in [0.15, 0.2) is 158 Å². The van der Waals surface area contributed by atoms with E-state index in [1.165, 1.54) is 0 Å². The van der Waals surface area contributed by atoms with Crippen LogP contribution >= 0.6 is 0 Å². The topological polar surface area (TPSA) is 60.5 Å². The Bertz CT molecular complexity index is 2440. The first-order chi connectivity index (χ1) is 26.9. The van der Waals surface area contributed by atoms with E-state index in [-0.39, 0.29) is 5.97 Å². The smallest absolute Gasteiger partial charge is 0.340 e. The molecule has 7 aromatic rings. The van der Waals surface area contributed by atoms with Gasteiger partial charge in [-0.3, -0.25) is 0 Å². The Morgan fingerprint density at radius 2 is 0.964 bits per heavy atom. The van der Waals surface area contributed by atoms with Crippen molar-refractivity contribution in [2.75, 3.05) is 24.0 Å². The molecule has 2 aliphatic rings. The van der Waals surface area contributed by atoms with Crippen molar-refractivity contribution in [3.8, 4) is 23.0 Å². The molecular formula is C48H38N2O5. The van der Waals surface area contributed by atoms with E-state index in [0.29, 0.717) is 17.1 Å². The maximum Gasteiger partial charge on any atom is 0.340 e. The van der Waals surface area contributed by atoms with Crippen molar-refractivity contribution in [1.29, 1.82) is 0 Å². The first kappa shape index (κ1) is 33.8. The Hall–Kier alpha value is -6.99. The van der Waals surface area contributed by atoms with Crippen LogP contribution in [-0.4, -0.2) is 20.2 Å². The van der Waals surface area contributed by atoms with Crippen LogP contribution in [-0.2, 0) is 10.3 Å². The van der Waals surface area contributed by atoms with Crippen molar-refractivity contribution in [1.82, 2.24) is 0 Å². The first-order valence-corrected chi connectivity index (χ1v) is 18.2. The molecule has 0 bridgehead atoms. The van der Waals surface area contributed by atoms with E-state index < -0.39 is 5.60 Å². The Labute approximate surface area is 320 Å². The zero-order valence-corrected chi connectivity index (χ0v) is 30.9. The zero-order chi connectivity index (χ0) is 37.7. The molecule has 0 aliphatic carbocycles. The fourth-order valence-electron chi connectivity index (χ4n) is 7.95. The van der Waals surface area contributed by atoms with Gasteiger partial charge in [0.25, 0.3) is 0 Å². The predicted octanol–water partition coefficient (Wildman–Crippen LogP) is 11.8. The summed E-state index contributed by atoms with van der Waals surface area (Å²) in [6, 6.07) is 52.5. The van der Waals surface area contributed by atoms with Gasteiger partial charge < -0.3 is 28.7 Å². The highest BCUT2D eigenvalue weighted by Crippen LogP contribution is 2.58. The Morgan fingerprint density at radius 1 is 0.491 bits per heavy atom. The Kier molecular flexibility index (Phi) is 8.27. The minimum Gasteiger partial charge on any atom is -0.497 e. The number of para-hydroxylation sites is 2. The summed E-state index contributed by atoms with van der Waals surface area (Å²) in [7, 11) is 3.35. The average molecular weight is 723 g/mol. The lowest BCUT2D eigenvalue weighted by Gasteiger charge is -2.38. The molecule has 1 spiro atoms. The number of hydrogen-bond acceptors (Lipinski definition) is 7. The van der Waals surface area contributed by atoms with Crippen LogP contribution in [0.3, 0.4) is 0 Å². The minimum atomic E-state index is -1.23. The molecular weight excluding hydrogens is 685 g/mol. The van der Waals surface area contributed by atoms with E-state index in [1.807, 2.05) is 109 Å². The molecule has 0 amide bonds. The van der Waals surface area contributed by atoms with Gasteiger partial charge in [0.1, 0.15) is 23.0 Å². The lowest BCUT2D eigenvalue weighted by molar-refractivity contribution is 0.0224. The summed E-state index contributed by atoms with van der Waals surface area (Å²) in [5.74, 6) is 2.38. The number of nitrogens with zero attached hydrogens (tertiary/aromatic N) is 2. The van der Waals surface area contributed by atoms with E-state index >= 15 is 0 Å². The quantitative estimate of drug-likeness (QED) is 0.145. The Balaban J connectivity index is 1.25. The number of anilines is 6. The van der Waals surface area contributed by atoms with Crippen molar-refractivity contribution < 1.29 is 23.7 Å². The predicted molar refractivity (Wildman–Crippen MR) is 217 cm³/mol. The molecule has 0 fully saturated rings. The van der Waals surface area contributed by atoms with Crippen molar-refractivity contribution in [3.05, 3.63) is 191 Å². The maximum atomic E-state index is 13.7. The molecule has 0 radical (unpaired) electrons. The molecule has 0 atom stereocenters. The van der Waals surface area contributed by atoms with Gasteiger partial charge >= 0.3 is 5.97 Å². The summed E-state index contributed by atoms with van der Waals surface area (Å²) in [5.41, 5.74) is 9.38. The molecule has 55 heavy (non-hydrogen) atoms. The third kappa shape index (κ3) is 5.55. The molecule has 7 nitrogen and oxygen atoms in total. The first-order valence-electron chi connectivity index (χ1n) is 18.2. The van der Waals surface area contributed by atoms with Crippen LogP contribution in [0.4, 0.5) is 34.1 Å². The van der Waals surface area contributed by atoms with Crippen molar-refractivity contribution in [2.24, 2.45) is 0 Å². The van der Waals surface area contributed by atoms with Gasteiger partial charge in [-0.1, -0.05) is 54.6 Å². The summed E-state index contributed by atoms with van der Waals surface area (Å²) in [6.07, 6.45) is 0. The molecule has 2 heterocycles. The van der Waals surface area contributed by atoms with Gasteiger partial charge in [0.2, 0.25) is 0 Å².